The summed E-state index contributed by atoms with van der Waals surface area (Å²) in [6.45, 7) is 1.12. The lowest BCUT2D eigenvalue weighted by molar-refractivity contribution is -0.330. The number of alkyl halides is 4. The zero-order chi connectivity index (χ0) is 25.7. The summed E-state index contributed by atoms with van der Waals surface area (Å²) in [5.74, 6) is -0.0938. The smallest absolute Gasteiger partial charge is 0.443 e. The highest BCUT2D eigenvalue weighted by atomic mass is 35.5. The van der Waals surface area contributed by atoms with Gasteiger partial charge in [-0.15, -0.1) is 13.2 Å². The van der Waals surface area contributed by atoms with E-state index in [9.17, 15) is 18.0 Å². The van der Waals surface area contributed by atoms with E-state index in [-0.39, 0.29) is 28.0 Å². The van der Waals surface area contributed by atoms with E-state index in [1.807, 2.05) is 6.92 Å². The molecule has 2 aliphatic carbocycles. The highest BCUT2D eigenvalue weighted by molar-refractivity contribution is 6.29. The Morgan fingerprint density at radius 1 is 1.33 bits per heavy atom. The van der Waals surface area contributed by atoms with Gasteiger partial charge in [-0.25, -0.2) is 18.7 Å². The minimum Gasteiger partial charge on any atom is -0.443 e. The summed E-state index contributed by atoms with van der Waals surface area (Å²) < 4.78 is 62.6. The maximum absolute atomic E-state index is 15.1. The first-order valence-corrected chi connectivity index (χ1v) is 11.6. The van der Waals surface area contributed by atoms with Crippen LogP contribution in [0.2, 0.25) is 5.15 Å². The average molecular weight is 532 g/mol. The number of nitrogens with zero attached hydrogens (tertiary/aromatic N) is 4. The Morgan fingerprint density at radius 2 is 2.11 bits per heavy atom. The van der Waals surface area contributed by atoms with Crippen molar-refractivity contribution in [2.24, 2.45) is 0 Å². The molecule has 2 saturated carbocycles. The number of anilines is 2. The van der Waals surface area contributed by atoms with Crippen molar-refractivity contribution < 1.29 is 31.8 Å². The molecule has 0 aromatic carbocycles. The number of carbonyl (C=O) groups is 1. The van der Waals surface area contributed by atoms with Crippen LogP contribution in [0.1, 0.15) is 49.9 Å². The van der Waals surface area contributed by atoms with Gasteiger partial charge in [-0.1, -0.05) is 11.6 Å². The van der Waals surface area contributed by atoms with E-state index in [0.29, 0.717) is 24.1 Å². The third-order valence-electron chi connectivity index (χ3n) is 6.27. The van der Waals surface area contributed by atoms with Crippen molar-refractivity contribution in [1.82, 2.24) is 30.1 Å². The Hall–Kier alpha value is -3.13. The highest BCUT2D eigenvalue weighted by Gasteiger charge is 2.43. The van der Waals surface area contributed by atoms with E-state index in [1.54, 1.807) is 6.07 Å². The second-order valence-electron chi connectivity index (χ2n) is 9.20. The largest absolute Gasteiger partial charge is 0.522 e. The second-order valence-corrected chi connectivity index (χ2v) is 9.59. The van der Waals surface area contributed by atoms with Gasteiger partial charge in [0.1, 0.15) is 29.6 Å². The molecule has 3 N–H and O–H groups in total. The van der Waals surface area contributed by atoms with Crippen LogP contribution in [0.15, 0.2) is 18.3 Å². The van der Waals surface area contributed by atoms with Gasteiger partial charge < -0.3 is 15.4 Å². The molecule has 1 amide bonds. The lowest BCUT2D eigenvalue weighted by atomic mass is 10.0. The maximum atomic E-state index is 15.1. The number of carbonyl (C=O) groups excluding carboxylic acids is 1. The van der Waals surface area contributed by atoms with Gasteiger partial charge in [-0.05, 0) is 38.7 Å². The van der Waals surface area contributed by atoms with Gasteiger partial charge in [0, 0.05) is 23.2 Å². The van der Waals surface area contributed by atoms with Gasteiger partial charge in [0.05, 0.1) is 11.9 Å². The van der Waals surface area contributed by atoms with Crippen molar-refractivity contribution in [2.75, 3.05) is 5.32 Å². The fourth-order valence-corrected chi connectivity index (χ4v) is 4.32. The highest BCUT2D eigenvalue weighted by Crippen LogP contribution is 2.39. The van der Waals surface area contributed by atoms with Crippen LogP contribution in [0.4, 0.5) is 34.0 Å². The molecule has 3 aromatic rings. The summed E-state index contributed by atoms with van der Waals surface area (Å²) in [4.78, 5) is 16.2. The van der Waals surface area contributed by atoms with Gasteiger partial charge >= 0.3 is 12.5 Å². The number of alkyl carbamates (subject to hydrolysis) is 1. The molecule has 10 nitrogen and oxygen atoms in total. The molecular weight excluding hydrogens is 510 g/mol. The van der Waals surface area contributed by atoms with Crippen LogP contribution in [0, 0.1) is 0 Å². The summed E-state index contributed by atoms with van der Waals surface area (Å²) in [6, 6.07) is 2.96. The van der Waals surface area contributed by atoms with Crippen LogP contribution in [0.25, 0.3) is 5.52 Å². The fourth-order valence-electron chi connectivity index (χ4n) is 4.14. The molecule has 0 unspecified atom stereocenters. The van der Waals surface area contributed by atoms with E-state index in [4.69, 9.17) is 16.3 Å². The first-order valence-electron chi connectivity index (χ1n) is 11.2. The Kier molecular flexibility index (Phi) is 6.19. The van der Waals surface area contributed by atoms with Crippen LogP contribution in [0.5, 0.6) is 0 Å². The Bertz CT molecular complexity index is 1280. The van der Waals surface area contributed by atoms with E-state index in [2.05, 4.69) is 35.7 Å². The number of ether oxygens (including phenoxy) is 2. The van der Waals surface area contributed by atoms with Crippen molar-refractivity contribution in [3.8, 4) is 0 Å². The predicted octanol–water partition coefficient (Wildman–Crippen LogP) is 4.75. The minimum atomic E-state index is -4.80. The van der Waals surface area contributed by atoms with Crippen LogP contribution in [-0.2, 0) is 16.1 Å². The molecule has 3 heterocycles. The molecule has 0 aliphatic heterocycles. The maximum Gasteiger partial charge on any atom is 0.522 e. The lowest BCUT2D eigenvalue weighted by Gasteiger charge is -2.19. The van der Waals surface area contributed by atoms with Crippen molar-refractivity contribution in [2.45, 2.75) is 69.3 Å². The molecular formula is C21H22ClF4N7O3. The van der Waals surface area contributed by atoms with Crippen LogP contribution < -0.4 is 10.6 Å². The number of halogens is 5. The molecule has 2 aliphatic rings. The second kappa shape index (κ2) is 9.07. The van der Waals surface area contributed by atoms with E-state index in [1.165, 1.54) is 16.8 Å². The number of aromatic nitrogens is 5. The topological polar surface area (TPSA) is 118 Å². The molecule has 5 rings (SSSR count). The predicted molar refractivity (Wildman–Crippen MR) is 119 cm³/mol. The zero-order valence-electron chi connectivity index (χ0n) is 18.9. The minimum absolute atomic E-state index is 0.0131. The van der Waals surface area contributed by atoms with Crippen molar-refractivity contribution in [1.29, 1.82) is 0 Å². The SMILES string of the molecule is CC1(NC(=O)O[C@@H]2CC[C@H](c3cc(Nc4nc(Cl)cn5nc(COC(F)(F)F)cc45)n[nH]3)[C@@H]2F)CC1. The first kappa shape index (κ1) is 24.6. The quantitative estimate of drug-likeness (QED) is 0.376. The Morgan fingerprint density at radius 3 is 2.83 bits per heavy atom. The molecule has 194 valence electrons. The number of nitrogens with one attached hydrogen (secondary N) is 3. The summed E-state index contributed by atoms with van der Waals surface area (Å²) in [7, 11) is 0. The van der Waals surface area contributed by atoms with Crippen LogP contribution >= 0.6 is 11.6 Å². The molecule has 0 spiro atoms. The van der Waals surface area contributed by atoms with Crippen molar-refractivity contribution in [3.05, 3.63) is 34.9 Å². The summed E-state index contributed by atoms with van der Waals surface area (Å²) in [6.07, 6.45) is -3.81. The molecule has 0 radical (unpaired) electrons. The number of H-pyrrole nitrogens is 1. The Balaban J connectivity index is 1.26. The Labute approximate surface area is 206 Å². The monoisotopic (exact) mass is 531 g/mol. The number of amides is 1. The number of aromatic amines is 1. The van der Waals surface area contributed by atoms with Gasteiger partial charge in [-0.3, -0.25) is 9.84 Å². The third kappa shape index (κ3) is 5.48. The number of hydrogen-bond donors (Lipinski definition) is 3. The molecule has 0 saturated heterocycles. The lowest BCUT2D eigenvalue weighted by Crippen LogP contribution is -2.38. The molecule has 3 aromatic heterocycles. The zero-order valence-corrected chi connectivity index (χ0v) is 19.7. The van der Waals surface area contributed by atoms with Gasteiger partial charge in [0.25, 0.3) is 0 Å². The fraction of sp³-hybridized carbons (Fsp3) is 0.524. The molecule has 36 heavy (non-hydrogen) atoms. The normalized spacial score (nSPS) is 23.1. The van der Waals surface area contributed by atoms with E-state index >= 15 is 4.39 Å². The molecule has 2 fully saturated rings. The van der Waals surface area contributed by atoms with E-state index in [0.717, 1.165) is 12.8 Å². The number of rotatable bonds is 7. The van der Waals surface area contributed by atoms with Crippen molar-refractivity contribution in [3.63, 3.8) is 0 Å². The van der Waals surface area contributed by atoms with Crippen LogP contribution in [0.3, 0.4) is 0 Å². The number of fused-ring (bicyclic) bond motifs is 1. The summed E-state index contributed by atoms with van der Waals surface area (Å²) in [5.41, 5.74) is 0.583. The molecule has 0 bridgehead atoms. The number of hydrogen-bond acceptors (Lipinski definition) is 7. The van der Waals surface area contributed by atoms with Gasteiger partial charge in [0.2, 0.25) is 0 Å². The van der Waals surface area contributed by atoms with Gasteiger partial charge in [0.15, 0.2) is 11.6 Å². The standard InChI is InChI=1S/C21H22ClF4N7O3/c1-20(4-5-20)29-19(34)36-14-3-2-11(17(14)23)12-7-16(31-30-12)28-18-13-6-10(9-35-21(24,25)26)32-33(13)8-15(22)27-18/h6-8,11,14,17H,2-5,9H2,1H3,(H,29,34)(H2,27,28,30,31)/t11-,14-,17+/m1/s1. The summed E-state index contributed by atoms with van der Waals surface area (Å²) >= 11 is 6.03. The molecule has 15 heteroatoms. The van der Waals surface area contributed by atoms with Gasteiger partial charge in [-0.2, -0.15) is 10.2 Å². The average Bonchev–Trinajstić information content (AvgIpc) is 3.12. The summed E-state index contributed by atoms with van der Waals surface area (Å²) in [5, 5.41) is 16.7. The third-order valence-corrected chi connectivity index (χ3v) is 6.45. The van der Waals surface area contributed by atoms with E-state index < -0.39 is 37.3 Å². The van der Waals surface area contributed by atoms with Crippen LogP contribution in [-0.4, -0.2) is 55.1 Å². The van der Waals surface area contributed by atoms with Crippen molar-refractivity contribution >= 4 is 34.8 Å². The first-order chi connectivity index (χ1) is 17.0. The molecule has 3 atom stereocenters.